The van der Waals surface area contributed by atoms with E-state index in [9.17, 15) is 14.7 Å². The highest BCUT2D eigenvalue weighted by Gasteiger charge is 2.50. The third kappa shape index (κ3) is 2.47. The van der Waals surface area contributed by atoms with Crippen molar-refractivity contribution in [2.75, 3.05) is 11.4 Å². The molecule has 0 unspecified atom stereocenters. The lowest BCUT2D eigenvalue weighted by atomic mass is 9.88. The number of Topliss-reactive ketones (excluding diaryl/α,β-unsaturated/α-hetero) is 1. The van der Waals surface area contributed by atoms with Crippen molar-refractivity contribution in [3.05, 3.63) is 78.4 Å². The second-order valence-electron chi connectivity index (χ2n) is 5.55. The number of aliphatic hydroxyl groups is 1. The molecule has 1 N–H and O–H groups in total. The van der Waals surface area contributed by atoms with Crippen LogP contribution < -0.4 is 4.90 Å². The summed E-state index contributed by atoms with van der Waals surface area (Å²) in [5.74, 6) is -0.750. The first-order valence-corrected chi connectivity index (χ1v) is 7.41. The molecule has 1 heterocycles. The zero-order chi connectivity index (χ0) is 16.4. The highest BCUT2D eigenvalue weighted by Crippen LogP contribution is 2.42. The molecule has 4 heteroatoms. The second kappa shape index (κ2) is 5.82. The van der Waals surface area contributed by atoms with Crippen LogP contribution in [0.5, 0.6) is 0 Å². The van der Waals surface area contributed by atoms with Crippen LogP contribution in [0.4, 0.5) is 5.69 Å². The van der Waals surface area contributed by atoms with E-state index in [1.807, 2.05) is 6.07 Å². The van der Waals surface area contributed by atoms with Crippen LogP contribution in [-0.2, 0) is 10.4 Å². The van der Waals surface area contributed by atoms with Crippen LogP contribution in [0, 0.1) is 0 Å². The fourth-order valence-electron chi connectivity index (χ4n) is 2.95. The van der Waals surface area contributed by atoms with Gasteiger partial charge in [-0.2, -0.15) is 0 Å². The van der Waals surface area contributed by atoms with Crippen LogP contribution in [0.3, 0.4) is 0 Å². The van der Waals surface area contributed by atoms with Crippen LogP contribution in [0.1, 0.15) is 22.3 Å². The second-order valence-corrected chi connectivity index (χ2v) is 5.55. The molecule has 1 amide bonds. The van der Waals surface area contributed by atoms with Crippen LogP contribution >= 0.6 is 0 Å². The number of ketones is 1. The van der Waals surface area contributed by atoms with Crippen molar-refractivity contribution in [2.45, 2.75) is 12.0 Å². The maximum absolute atomic E-state index is 12.7. The molecule has 2 aromatic rings. The molecule has 1 aliphatic heterocycles. The van der Waals surface area contributed by atoms with E-state index in [4.69, 9.17) is 0 Å². The molecule has 1 aliphatic rings. The van der Waals surface area contributed by atoms with Gasteiger partial charge in [0.15, 0.2) is 11.4 Å². The number of benzene rings is 2. The molecule has 23 heavy (non-hydrogen) atoms. The van der Waals surface area contributed by atoms with E-state index in [1.54, 1.807) is 54.6 Å². The zero-order valence-corrected chi connectivity index (χ0v) is 12.6. The fraction of sp³-hybridized carbons (Fsp3) is 0.158. The van der Waals surface area contributed by atoms with Gasteiger partial charge in [0.05, 0.1) is 12.1 Å². The first-order valence-electron chi connectivity index (χ1n) is 7.41. The summed E-state index contributed by atoms with van der Waals surface area (Å²) in [6.07, 6.45) is 1.32. The van der Waals surface area contributed by atoms with Crippen molar-refractivity contribution in [3.8, 4) is 0 Å². The van der Waals surface area contributed by atoms with Gasteiger partial charge in [-0.05, 0) is 6.07 Å². The molecule has 4 nitrogen and oxygen atoms in total. The predicted molar refractivity (Wildman–Crippen MR) is 88.3 cm³/mol. The lowest BCUT2D eigenvalue weighted by molar-refractivity contribution is -0.135. The minimum absolute atomic E-state index is 0.267. The van der Waals surface area contributed by atoms with Crippen molar-refractivity contribution in [3.63, 3.8) is 0 Å². The number of hydrogen-bond donors (Lipinski definition) is 1. The average Bonchev–Trinajstić information content (AvgIpc) is 2.78. The molecule has 3 rings (SSSR count). The molecule has 0 saturated heterocycles. The molecule has 0 radical (unpaired) electrons. The number of carbonyl (C=O) groups excluding carboxylic acids is 2. The quantitative estimate of drug-likeness (QED) is 0.682. The normalized spacial score (nSPS) is 19.5. The summed E-state index contributed by atoms with van der Waals surface area (Å²) in [5.41, 5.74) is -0.253. The molecule has 0 aromatic heterocycles. The van der Waals surface area contributed by atoms with Crippen molar-refractivity contribution in [2.24, 2.45) is 0 Å². The van der Waals surface area contributed by atoms with Crippen molar-refractivity contribution < 1.29 is 14.7 Å². The topological polar surface area (TPSA) is 57.6 Å². The van der Waals surface area contributed by atoms with E-state index in [2.05, 4.69) is 6.58 Å². The number of carbonyl (C=O) groups is 2. The first kappa shape index (κ1) is 15.2. The van der Waals surface area contributed by atoms with Gasteiger partial charge >= 0.3 is 0 Å². The Kier molecular flexibility index (Phi) is 3.84. The number of amides is 1. The monoisotopic (exact) mass is 307 g/mol. The zero-order valence-electron chi connectivity index (χ0n) is 12.6. The minimum atomic E-state index is -1.83. The van der Waals surface area contributed by atoms with Gasteiger partial charge in [0.2, 0.25) is 0 Å². The van der Waals surface area contributed by atoms with Crippen LogP contribution in [-0.4, -0.2) is 23.3 Å². The van der Waals surface area contributed by atoms with Crippen molar-refractivity contribution >= 4 is 17.4 Å². The van der Waals surface area contributed by atoms with Crippen LogP contribution in [0.25, 0.3) is 0 Å². The van der Waals surface area contributed by atoms with Crippen LogP contribution in [0.2, 0.25) is 0 Å². The molecule has 0 spiro atoms. The highest BCUT2D eigenvalue weighted by molar-refractivity contribution is 6.10. The highest BCUT2D eigenvalue weighted by atomic mass is 16.3. The Balaban J connectivity index is 1.99. The molecule has 2 aromatic carbocycles. The van der Waals surface area contributed by atoms with Crippen molar-refractivity contribution in [1.82, 2.24) is 0 Å². The molecule has 116 valence electrons. The van der Waals surface area contributed by atoms with E-state index in [-0.39, 0.29) is 18.7 Å². The minimum Gasteiger partial charge on any atom is -0.375 e. The summed E-state index contributed by atoms with van der Waals surface area (Å²) < 4.78 is 0. The largest absolute Gasteiger partial charge is 0.375 e. The van der Waals surface area contributed by atoms with E-state index >= 15 is 0 Å². The number of hydrogen-bond acceptors (Lipinski definition) is 3. The van der Waals surface area contributed by atoms with Gasteiger partial charge in [0.25, 0.3) is 5.91 Å². The van der Waals surface area contributed by atoms with Gasteiger partial charge in [0.1, 0.15) is 0 Å². The Morgan fingerprint density at radius 3 is 2.48 bits per heavy atom. The summed E-state index contributed by atoms with van der Waals surface area (Å²) in [5, 5.41) is 11.0. The van der Waals surface area contributed by atoms with Gasteiger partial charge < -0.3 is 10.0 Å². The number of anilines is 1. The Labute approximate surface area is 134 Å². The first-order chi connectivity index (χ1) is 11.1. The third-order valence-electron chi connectivity index (χ3n) is 4.06. The summed E-state index contributed by atoms with van der Waals surface area (Å²) in [6.45, 7) is 3.93. The van der Waals surface area contributed by atoms with Crippen molar-refractivity contribution in [1.29, 1.82) is 0 Å². The molecular weight excluding hydrogens is 290 g/mol. The molecule has 0 aliphatic carbocycles. The Bertz CT molecular complexity index is 769. The van der Waals surface area contributed by atoms with Crippen LogP contribution in [0.15, 0.2) is 67.3 Å². The molecule has 1 atom stereocenters. The van der Waals surface area contributed by atoms with E-state index in [0.29, 0.717) is 16.8 Å². The number of para-hydroxylation sites is 1. The predicted octanol–water partition coefficient (Wildman–Crippen LogP) is 2.68. The van der Waals surface area contributed by atoms with E-state index < -0.39 is 11.5 Å². The Hall–Kier alpha value is -2.72. The number of nitrogens with zero attached hydrogens (tertiary/aromatic N) is 1. The lowest BCUT2D eigenvalue weighted by Crippen LogP contribution is -2.41. The molecule has 0 bridgehead atoms. The maximum Gasteiger partial charge on any atom is 0.264 e. The fourth-order valence-corrected chi connectivity index (χ4v) is 2.95. The standard InChI is InChI=1S/C19H17NO3/c1-2-12-20-16-11-7-6-10-15(16)19(23,18(20)22)13-17(21)14-8-4-3-5-9-14/h2-11,23H,1,12-13H2/t19-/m1/s1. The summed E-state index contributed by atoms with van der Waals surface area (Å²) in [7, 11) is 0. The Morgan fingerprint density at radius 2 is 1.78 bits per heavy atom. The van der Waals surface area contributed by atoms with E-state index in [0.717, 1.165) is 0 Å². The summed E-state index contributed by atoms with van der Waals surface area (Å²) in [4.78, 5) is 26.7. The number of rotatable bonds is 5. The van der Waals surface area contributed by atoms with Gasteiger partial charge in [-0.15, -0.1) is 6.58 Å². The summed E-state index contributed by atoms with van der Waals surface area (Å²) in [6, 6.07) is 15.7. The average molecular weight is 307 g/mol. The van der Waals surface area contributed by atoms with Gasteiger partial charge in [-0.3, -0.25) is 9.59 Å². The molecular formula is C19H17NO3. The van der Waals surface area contributed by atoms with E-state index in [1.165, 1.54) is 4.90 Å². The van der Waals surface area contributed by atoms with Gasteiger partial charge in [-0.1, -0.05) is 54.6 Å². The SMILES string of the molecule is C=CCN1C(=O)[C@@](O)(CC(=O)c2ccccc2)c2ccccc21. The van der Waals surface area contributed by atoms with Gasteiger partial charge in [-0.25, -0.2) is 0 Å². The Morgan fingerprint density at radius 1 is 1.13 bits per heavy atom. The van der Waals surface area contributed by atoms with Gasteiger partial charge in [0, 0.05) is 17.7 Å². The number of fused-ring (bicyclic) bond motifs is 1. The smallest absolute Gasteiger partial charge is 0.264 e. The molecule has 0 fully saturated rings. The molecule has 0 saturated carbocycles. The third-order valence-corrected chi connectivity index (χ3v) is 4.06. The maximum atomic E-state index is 12.7. The lowest BCUT2D eigenvalue weighted by Gasteiger charge is -2.22. The summed E-state index contributed by atoms with van der Waals surface area (Å²) >= 11 is 0.